The summed E-state index contributed by atoms with van der Waals surface area (Å²) in [5, 5.41) is 2.16. The maximum atomic E-state index is 12.6. The van der Waals surface area contributed by atoms with Crippen LogP contribution in [-0.4, -0.2) is 28.3 Å². The Morgan fingerprint density at radius 2 is 2.08 bits per heavy atom. The quantitative estimate of drug-likeness (QED) is 0.444. The molecular weight excluding hydrogens is 338 g/mol. The number of amides is 1. The second-order valence-corrected chi connectivity index (χ2v) is 6.89. The van der Waals surface area contributed by atoms with Crippen LogP contribution in [0.3, 0.4) is 0 Å². The molecular formula is C19H17NO2S2. The fraction of sp³-hybridized carbons (Fsp3) is 0.158. The van der Waals surface area contributed by atoms with Gasteiger partial charge in [0.05, 0.1) is 11.5 Å². The highest BCUT2D eigenvalue weighted by Crippen LogP contribution is 2.36. The van der Waals surface area contributed by atoms with Gasteiger partial charge < -0.3 is 4.74 Å². The minimum atomic E-state index is -0.0831. The van der Waals surface area contributed by atoms with Crippen LogP contribution in [-0.2, 0) is 4.79 Å². The molecule has 0 spiro atoms. The molecule has 2 aromatic carbocycles. The van der Waals surface area contributed by atoms with Gasteiger partial charge in [-0.2, -0.15) is 0 Å². The molecule has 0 N–H and O–H groups in total. The first-order valence-corrected chi connectivity index (χ1v) is 8.89. The number of thioether (sulfide) groups is 1. The second kappa shape index (κ2) is 7.20. The van der Waals surface area contributed by atoms with Crippen LogP contribution in [0, 0.1) is 0 Å². The van der Waals surface area contributed by atoms with Crippen LogP contribution in [0.5, 0.6) is 5.75 Å². The van der Waals surface area contributed by atoms with Crippen LogP contribution in [0.1, 0.15) is 12.5 Å². The largest absolute Gasteiger partial charge is 0.493 e. The van der Waals surface area contributed by atoms with E-state index in [1.807, 2.05) is 49.4 Å². The Morgan fingerprint density at radius 3 is 2.83 bits per heavy atom. The van der Waals surface area contributed by atoms with E-state index >= 15 is 0 Å². The first kappa shape index (κ1) is 16.7. The van der Waals surface area contributed by atoms with Crippen LogP contribution in [0.2, 0.25) is 0 Å². The van der Waals surface area contributed by atoms with Crippen LogP contribution >= 0.6 is 24.0 Å². The van der Waals surface area contributed by atoms with Gasteiger partial charge in [-0.25, -0.2) is 0 Å². The lowest BCUT2D eigenvalue weighted by molar-refractivity contribution is -0.121. The van der Waals surface area contributed by atoms with Gasteiger partial charge in [-0.3, -0.25) is 9.69 Å². The zero-order valence-corrected chi connectivity index (χ0v) is 15.0. The molecule has 5 heteroatoms. The third-order valence-electron chi connectivity index (χ3n) is 3.69. The van der Waals surface area contributed by atoms with E-state index in [0.717, 1.165) is 22.1 Å². The Balaban J connectivity index is 2.11. The predicted octanol–water partition coefficient (Wildman–Crippen LogP) is 4.63. The van der Waals surface area contributed by atoms with Crippen LogP contribution in [0.4, 0.5) is 0 Å². The molecule has 24 heavy (non-hydrogen) atoms. The number of hydrogen-bond donors (Lipinski definition) is 0. The van der Waals surface area contributed by atoms with Crippen molar-refractivity contribution in [1.82, 2.24) is 4.90 Å². The number of fused-ring (bicyclic) bond motifs is 1. The standard InChI is InChI=1S/C19H17NO2S2/c1-3-11-20-18(21)17(24-19(20)23)12-15-14-8-6-5-7-13(14)9-10-16(15)22-4-2/h3,5-10,12H,1,4,11H2,2H3. The minimum Gasteiger partial charge on any atom is -0.493 e. The van der Waals surface area contributed by atoms with Crippen LogP contribution < -0.4 is 4.74 Å². The van der Waals surface area contributed by atoms with E-state index in [1.165, 1.54) is 11.8 Å². The van der Waals surface area contributed by atoms with Gasteiger partial charge in [-0.1, -0.05) is 60.4 Å². The van der Waals surface area contributed by atoms with Crippen LogP contribution in [0.15, 0.2) is 54.0 Å². The Labute approximate surface area is 151 Å². The molecule has 0 aliphatic carbocycles. The third kappa shape index (κ3) is 3.09. The van der Waals surface area contributed by atoms with Crippen molar-refractivity contribution in [2.75, 3.05) is 13.2 Å². The maximum absolute atomic E-state index is 12.6. The van der Waals surface area contributed by atoms with Crippen molar-refractivity contribution in [2.45, 2.75) is 6.92 Å². The summed E-state index contributed by atoms with van der Waals surface area (Å²) >= 11 is 6.62. The average molecular weight is 355 g/mol. The molecule has 0 bridgehead atoms. The topological polar surface area (TPSA) is 29.5 Å². The highest BCUT2D eigenvalue weighted by Gasteiger charge is 2.31. The third-order valence-corrected chi connectivity index (χ3v) is 5.07. The number of rotatable bonds is 5. The van der Waals surface area contributed by atoms with Gasteiger partial charge in [0.2, 0.25) is 0 Å². The lowest BCUT2D eigenvalue weighted by atomic mass is 10.0. The van der Waals surface area contributed by atoms with Crippen molar-refractivity contribution >= 4 is 51.1 Å². The summed E-state index contributed by atoms with van der Waals surface area (Å²) in [5.41, 5.74) is 0.911. The monoisotopic (exact) mass is 355 g/mol. The van der Waals surface area contributed by atoms with Gasteiger partial charge in [0, 0.05) is 12.1 Å². The normalized spacial score (nSPS) is 16.2. The fourth-order valence-electron chi connectivity index (χ4n) is 2.62. The number of nitrogens with zero attached hydrogens (tertiary/aromatic N) is 1. The Kier molecular flexibility index (Phi) is 5.02. The molecule has 0 radical (unpaired) electrons. The Bertz CT molecular complexity index is 858. The lowest BCUT2D eigenvalue weighted by Crippen LogP contribution is -2.27. The molecule has 0 saturated carbocycles. The van der Waals surface area contributed by atoms with Crippen molar-refractivity contribution in [2.24, 2.45) is 0 Å². The SMILES string of the molecule is C=CCN1C(=O)C(=Cc2c(OCC)ccc3ccccc23)SC1=S. The van der Waals surface area contributed by atoms with E-state index in [1.54, 1.807) is 11.0 Å². The van der Waals surface area contributed by atoms with Crippen molar-refractivity contribution in [3.05, 3.63) is 59.5 Å². The lowest BCUT2D eigenvalue weighted by Gasteiger charge is -2.12. The molecule has 1 aliphatic rings. The second-order valence-electron chi connectivity index (χ2n) is 5.21. The molecule has 1 aliphatic heterocycles. The smallest absolute Gasteiger partial charge is 0.266 e. The summed E-state index contributed by atoms with van der Waals surface area (Å²) < 4.78 is 6.32. The van der Waals surface area contributed by atoms with E-state index in [9.17, 15) is 4.79 Å². The van der Waals surface area contributed by atoms with E-state index in [0.29, 0.717) is 22.4 Å². The summed E-state index contributed by atoms with van der Waals surface area (Å²) in [5.74, 6) is 0.686. The summed E-state index contributed by atoms with van der Waals surface area (Å²) in [6.07, 6.45) is 3.56. The number of thiocarbonyl (C=S) groups is 1. The number of carbonyl (C=O) groups is 1. The zero-order valence-electron chi connectivity index (χ0n) is 13.3. The Hall–Kier alpha value is -2.11. The molecule has 0 aromatic heterocycles. The molecule has 1 fully saturated rings. The van der Waals surface area contributed by atoms with Gasteiger partial charge in [-0.15, -0.1) is 6.58 Å². The Morgan fingerprint density at radius 1 is 1.29 bits per heavy atom. The molecule has 122 valence electrons. The molecule has 1 saturated heterocycles. The summed E-state index contributed by atoms with van der Waals surface area (Å²) in [6.45, 7) is 6.62. The highest BCUT2D eigenvalue weighted by atomic mass is 32.2. The summed E-state index contributed by atoms with van der Waals surface area (Å²) in [4.78, 5) is 14.7. The summed E-state index contributed by atoms with van der Waals surface area (Å²) in [7, 11) is 0. The van der Waals surface area contributed by atoms with Gasteiger partial charge in [-0.05, 0) is 29.8 Å². The molecule has 3 rings (SSSR count). The highest BCUT2D eigenvalue weighted by molar-refractivity contribution is 8.26. The average Bonchev–Trinajstić information content (AvgIpc) is 2.85. The fourth-order valence-corrected chi connectivity index (χ4v) is 3.88. The van der Waals surface area contributed by atoms with Crippen molar-refractivity contribution in [1.29, 1.82) is 0 Å². The molecule has 3 nitrogen and oxygen atoms in total. The number of carbonyl (C=O) groups excluding carboxylic acids is 1. The number of hydrogen-bond acceptors (Lipinski definition) is 4. The van der Waals surface area contributed by atoms with Gasteiger partial charge >= 0.3 is 0 Å². The summed E-state index contributed by atoms with van der Waals surface area (Å²) in [6, 6.07) is 12.0. The number of benzene rings is 2. The van der Waals surface area contributed by atoms with Crippen molar-refractivity contribution in [3.63, 3.8) is 0 Å². The molecule has 0 unspecified atom stereocenters. The maximum Gasteiger partial charge on any atom is 0.266 e. The van der Waals surface area contributed by atoms with E-state index in [2.05, 4.69) is 6.58 Å². The van der Waals surface area contributed by atoms with Crippen molar-refractivity contribution < 1.29 is 9.53 Å². The first-order chi connectivity index (χ1) is 11.7. The predicted molar refractivity (Wildman–Crippen MR) is 105 cm³/mol. The first-order valence-electron chi connectivity index (χ1n) is 7.66. The molecule has 1 amide bonds. The van der Waals surface area contributed by atoms with Crippen LogP contribution in [0.25, 0.3) is 16.8 Å². The van der Waals surface area contributed by atoms with Gasteiger partial charge in [0.15, 0.2) is 0 Å². The van der Waals surface area contributed by atoms with E-state index in [4.69, 9.17) is 17.0 Å². The molecule has 1 heterocycles. The van der Waals surface area contributed by atoms with E-state index in [-0.39, 0.29) is 5.91 Å². The van der Waals surface area contributed by atoms with E-state index < -0.39 is 0 Å². The van der Waals surface area contributed by atoms with Crippen molar-refractivity contribution in [3.8, 4) is 5.75 Å². The molecule has 2 aromatic rings. The molecule has 0 atom stereocenters. The number of ether oxygens (including phenoxy) is 1. The van der Waals surface area contributed by atoms with Gasteiger partial charge in [0.1, 0.15) is 10.1 Å². The van der Waals surface area contributed by atoms with Gasteiger partial charge in [0.25, 0.3) is 5.91 Å². The minimum absolute atomic E-state index is 0.0831. The zero-order chi connectivity index (χ0) is 17.1.